The number of hydrogen-bond acceptors (Lipinski definition) is 5. The Morgan fingerprint density at radius 1 is 0.842 bits per heavy atom. The second kappa shape index (κ2) is 10.7. The fraction of sp³-hybridized carbons (Fsp3) is 0.167. The van der Waals surface area contributed by atoms with Crippen molar-refractivity contribution < 1.29 is 9.72 Å². The Balaban J connectivity index is 1.71. The Bertz CT molecular complexity index is 1480. The average molecular weight is 571 g/mol. The van der Waals surface area contributed by atoms with Crippen LogP contribution in [0.15, 0.2) is 102 Å². The minimum Gasteiger partial charge on any atom is -0.377 e. The van der Waals surface area contributed by atoms with Crippen LogP contribution in [-0.2, 0) is 13.1 Å². The number of nitro groups is 1. The summed E-state index contributed by atoms with van der Waals surface area (Å²) in [5.74, 6) is -0.241. The molecule has 0 aliphatic carbocycles. The molecule has 0 saturated carbocycles. The lowest BCUT2D eigenvalue weighted by molar-refractivity contribution is -0.384. The fourth-order valence-electron chi connectivity index (χ4n) is 4.92. The van der Waals surface area contributed by atoms with Gasteiger partial charge in [-0.15, -0.1) is 0 Å². The number of halogens is 1. The number of carbonyl (C=O) groups excluding carboxylic acids is 1. The third kappa shape index (κ3) is 4.99. The molecule has 0 spiro atoms. The van der Waals surface area contributed by atoms with E-state index in [0.29, 0.717) is 24.3 Å². The van der Waals surface area contributed by atoms with Gasteiger partial charge in [0, 0.05) is 43.8 Å². The maximum absolute atomic E-state index is 14.1. The molecule has 1 atom stereocenters. The Morgan fingerprint density at radius 2 is 1.45 bits per heavy atom. The van der Waals surface area contributed by atoms with Crippen molar-refractivity contribution in [3.8, 4) is 0 Å². The van der Waals surface area contributed by atoms with Crippen molar-refractivity contribution in [1.29, 1.82) is 0 Å². The Labute approximate surface area is 230 Å². The van der Waals surface area contributed by atoms with E-state index in [0.717, 1.165) is 26.9 Å². The quantitative estimate of drug-likeness (QED) is 0.181. The first-order valence-corrected chi connectivity index (χ1v) is 13.0. The number of anilines is 2. The molecule has 0 saturated heterocycles. The topological polar surface area (TPSA) is 69.9 Å². The van der Waals surface area contributed by atoms with Gasteiger partial charge < -0.3 is 14.7 Å². The van der Waals surface area contributed by atoms with Gasteiger partial charge in [0.15, 0.2) is 0 Å². The number of rotatable bonds is 7. The summed E-state index contributed by atoms with van der Waals surface area (Å²) in [7, 11) is 3.97. The molecule has 7 nitrogen and oxygen atoms in total. The minimum atomic E-state index is -0.459. The zero-order valence-electron chi connectivity index (χ0n) is 21.1. The van der Waals surface area contributed by atoms with Crippen LogP contribution < -0.4 is 9.80 Å². The van der Waals surface area contributed by atoms with Crippen molar-refractivity contribution in [2.24, 2.45) is 0 Å². The lowest BCUT2D eigenvalue weighted by Gasteiger charge is -2.46. The molecule has 38 heavy (non-hydrogen) atoms. The molecule has 1 aliphatic heterocycles. The molecule has 1 amide bonds. The molecule has 0 fully saturated rings. The molecular formula is C30H27BrN4O3. The van der Waals surface area contributed by atoms with Crippen LogP contribution in [-0.4, -0.2) is 29.8 Å². The zero-order chi connectivity index (χ0) is 26.8. The van der Waals surface area contributed by atoms with Crippen molar-refractivity contribution >= 4 is 38.9 Å². The van der Waals surface area contributed by atoms with Crippen LogP contribution >= 0.6 is 15.9 Å². The first kappa shape index (κ1) is 25.5. The Hall–Kier alpha value is -4.17. The highest BCUT2D eigenvalue weighted by Crippen LogP contribution is 2.43. The van der Waals surface area contributed by atoms with E-state index >= 15 is 0 Å². The van der Waals surface area contributed by atoms with Crippen molar-refractivity contribution in [2.75, 3.05) is 23.9 Å². The molecule has 0 radical (unpaired) electrons. The summed E-state index contributed by atoms with van der Waals surface area (Å²) < 4.78 is 0.918. The highest BCUT2D eigenvalue weighted by molar-refractivity contribution is 9.10. The van der Waals surface area contributed by atoms with Crippen molar-refractivity contribution in [3.63, 3.8) is 0 Å². The lowest BCUT2D eigenvalue weighted by atomic mass is 9.98. The van der Waals surface area contributed by atoms with E-state index in [2.05, 4.69) is 26.9 Å². The molecule has 4 aromatic carbocycles. The molecule has 1 aliphatic rings. The highest BCUT2D eigenvalue weighted by Gasteiger charge is 2.39. The Morgan fingerprint density at radius 3 is 2.00 bits per heavy atom. The summed E-state index contributed by atoms with van der Waals surface area (Å²) >= 11 is 3.72. The van der Waals surface area contributed by atoms with Gasteiger partial charge in [-0.3, -0.25) is 14.9 Å². The van der Waals surface area contributed by atoms with Crippen LogP contribution in [0.25, 0.3) is 0 Å². The van der Waals surface area contributed by atoms with Gasteiger partial charge in [0.25, 0.3) is 11.6 Å². The number of hydrogen-bond donors (Lipinski definition) is 0. The minimum absolute atomic E-state index is 0.104. The van der Waals surface area contributed by atoms with E-state index < -0.39 is 11.1 Å². The van der Waals surface area contributed by atoms with Crippen LogP contribution in [0.2, 0.25) is 0 Å². The van der Waals surface area contributed by atoms with Gasteiger partial charge in [-0.05, 0) is 50.8 Å². The number of benzene rings is 4. The van der Waals surface area contributed by atoms with E-state index in [-0.39, 0.29) is 11.6 Å². The predicted octanol–water partition coefficient (Wildman–Crippen LogP) is 6.78. The Kier molecular flexibility index (Phi) is 7.15. The SMILES string of the molecule is CN(C)c1ccc([C@H]2N(Cc3ccccc3)C(=O)c3cc([N+](=O)[O-])ccc3N2Cc2ccccc2)cc1Br. The fourth-order valence-corrected chi connectivity index (χ4v) is 5.67. The predicted molar refractivity (Wildman–Crippen MR) is 153 cm³/mol. The van der Waals surface area contributed by atoms with Gasteiger partial charge >= 0.3 is 0 Å². The average Bonchev–Trinajstić information content (AvgIpc) is 2.92. The van der Waals surface area contributed by atoms with E-state index in [1.165, 1.54) is 12.1 Å². The molecule has 0 aromatic heterocycles. The summed E-state index contributed by atoms with van der Waals surface area (Å²) in [6.45, 7) is 0.868. The second-order valence-corrected chi connectivity index (χ2v) is 10.3. The third-order valence-corrected chi connectivity index (χ3v) is 7.36. The summed E-state index contributed by atoms with van der Waals surface area (Å²) in [6, 6.07) is 30.5. The zero-order valence-corrected chi connectivity index (χ0v) is 22.7. The molecular weight excluding hydrogens is 544 g/mol. The molecule has 0 unspecified atom stereocenters. The summed E-state index contributed by atoms with van der Waals surface area (Å²) in [6.07, 6.45) is -0.440. The number of non-ortho nitro benzene ring substituents is 1. The number of fused-ring (bicyclic) bond motifs is 1. The van der Waals surface area contributed by atoms with Gasteiger partial charge in [0.05, 0.1) is 21.9 Å². The van der Waals surface area contributed by atoms with E-state index in [1.54, 1.807) is 11.0 Å². The number of amides is 1. The van der Waals surface area contributed by atoms with E-state index in [4.69, 9.17) is 0 Å². The van der Waals surface area contributed by atoms with Gasteiger partial charge in [-0.25, -0.2) is 0 Å². The summed E-state index contributed by atoms with van der Waals surface area (Å²) in [5, 5.41) is 11.6. The summed E-state index contributed by atoms with van der Waals surface area (Å²) in [4.78, 5) is 31.2. The third-order valence-electron chi connectivity index (χ3n) is 6.73. The van der Waals surface area contributed by atoms with Crippen LogP contribution in [0, 0.1) is 10.1 Å². The van der Waals surface area contributed by atoms with Crippen molar-refractivity contribution in [3.05, 3.63) is 134 Å². The van der Waals surface area contributed by atoms with E-state index in [9.17, 15) is 14.9 Å². The standard InChI is InChI=1S/C30H27BrN4O3/c1-32(2)28-15-13-23(17-26(28)31)29-33(19-21-9-5-3-6-10-21)27-16-14-24(35(37)38)18-25(27)30(36)34(29)20-22-11-7-4-8-12-22/h3-18,29H,19-20H2,1-2H3/t29-/m1/s1. The molecule has 5 rings (SSSR count). The van der Waals surface area contributed by atoms with Gasteiger partial charge in [0.2, 0.25) is 0 Å². The van der Waals surface area contributed by atoms with Gasteiger partial charge in [-0.1, -0.05) is 66.7 Å². The monoisotopic (exact) mass is 570 g/mol. The number of nitro benzene ring substituents is 1. The summed E-state index contributed by atoms with van der Waals surface area (Å²) in [5.41, 5.74) is 4.90. The maximum atomic E-state index is 14.1. The largest absolute Gasteiger partial charge is 0.377 e. The van der Waals surface area contributed by atoms with Crippen molar-refractivity contribution in [1.82, 2.24) is 4.90 Å². The molecule has 0 bridgehead atoms. The van der Waals surface area contributed by atoms with Crippen LogP contribution in [0.4, 0.5) is 17.1 Å². The molecule has 192 valence electrons. The van der Waals surface area contributed by atoms with Crippen LogP contribution in [0.1, 0.15) is 33.2 Å². The second-order valence-electron chi connectivity index (χ2n) is 9.47. The smallest absolute Gasteiger partial charge is 0.270 e. The first-order chi connectivity index (χ1) is 18.3. The molecule has 0 N–H and O–H groups in total. The molecule has 8 heteroatoms. The normalized spacial score (nSPS) is 14.8. The van der Waals surface area contributed by atoms with Crippen molar-refractivity contribution in [2.45, 2.75) is 19.3 Å². The van der Waals surface area contributed by atoms with Crippen LogP contribution in [0.5, 0.6) is 0 Å². The number of nitrogens with zero attached hydrogens (tertiary/aromatic N) is 4. The van der Waals surface area contributed by atoms with Crippen LogP contribution in [0.3, 0.4) is 0 Å². The lowest BCUT2D eigenvalue weighted by Crippen LogP contribution is -2.48. The molecule has 1 heterocycles. The highest BCUT2D eigenvalue weighted by atomic mass is 79.9. The first-order valence-electron chi connectivity index (χ1n) is 12.2. The van der Waals surface area contributed by atoms with Gasteiger partial charge in [0.1, 0.15) is 6.17 Å². The molecule has 4 aromatic rings. The van der Waals surface area contributed by atoms with E-state index in [1.807, 2.05) is 91.8 Å². The van der Waals surface area contributed by atoms with Gasteiger partial charge in [-0.2, -0.15) is 0 Å². The maximum Gasteiger partial charge on any atom is 0.270 e. The number of carbonyl (C=O) groups is 1.